The molecule has 0 radical (unpaired) electrons. The van der Waals surface area contributed by atoms with Crippen molar-refractivity contribution in [1.82, 2.24) is 10.4 Å². The molecule has 0 spiro atoms. The summed E-state index contributed by atoms with van der Waals surface area (Å²) in [6, 6.07) is 18.4. The summed E-state index contributed by atoms with van der Waals surface area (Å²) in [4.78, 5) is 17.3. The van der Waals surface area contributed by atoms with Crippen LogP contribution < -0.4 is 20.2 Å². The van der Waals surface area contributed by atoms with Crippen LogP contribution in [0, 0.1) is 0 Å². The van der Waals surface area contributed by atoms with Crippen LogP contribution in [-0.4, -0.2) is 30.8 Å². The number of halogens is 2. The standard InChI is InChI=1S/C30H30BrClN4O3S/c1-3-4-5-6-15-39-28-25(31)16-20(17-27(28)38-2)18-33-36-29(37)22-9-7-21(8-10-22)26-19-40-30(35-26)34-24-13-11-23(32)12-14-24/h7-14,16-19H,3-6,15H2,1-2H3,(H,34,35)(H,36,37)/b33-18-. The number of hydrazone groups is 1. The quantitative estimate of drug-likeness (QED) is 0.0867. The Morgan fingerprint density at radius 3 is 2.60 bits per heavy atom. The molecule has 1 amide bonds. The molecule has 7 nitrogen and oxygen atoms in total. The minimum Gasteiger partial charge on any atom is -0.493 e. The summed E-state index contributed by atoms with van der Waals surface area (Å²) in [6.07, 6.45) is 6.07. The molecule has 2 N–H and O–H groups in total. The number of anilines is 2. The van der Waals surface area contributed by atoms with Gasteiger partial charge in [0.1, 0.15) is 0 Å². The van der Waals surface area contributed by atoms with Crippen molar-refractivity contribution in [3.63, 3.8) is 0 Å². The van der Waals surface area contributed by atoms with Crippen LogP contribution in [-0.2, 0) is 0 Å². The maximum absolute atomic E-state index is 12.6. The number of nitrogens with zero attached hydrogens (tertiary/aromatic N) is 2. The maximum Gasteiger partial charge on any atom is 0.271 e. The highest BCUT2D eigenvalue weighted by molar-refractivity contribution is 9.10. The van der Waals surface area contributed by atoms with Gasteiger partial charge in [0.2, 0.25) is 0 Å². The Labute approximate surface area is 251 Å². The largest absolute Gasteiger partial charge is 0.493 e. The predicted molar refractivity (Wildman–Crippen MR) is 168 cm³/mol. The number of nitrogens with one attached hydrogen (secondary N) is 2. The fourth-order valence-corrected chi connectivity index (χ4v) is 5.24. The van der Waals surface area contributed by atoms with E-state index < -0.39 is 0 Å². The number of carbonyl (C=O) groups excluding carboxylic acids is 1. The third-order valence-corrected chi connectivity index (χ3v) is 7.52. The first-order chi connectivity index (χ1) is 19.5. The molecule has 1 heterocycles. The van der Waals surface area contributed by atoms with Gasteiger partial charge < -0.3 is 14.8 Å². The van der Waals surface area contributed by atoms with E-state index in [2.05, 4.69) is 43.7 Å². The molecule has 40 heavy (non-hydrogen) atoms. The minimum atomic E-state index is -0.316. The monoisotopic (exact) mass is 640 g/mol. The predicted octanol–water partition coefficient (Wildman–Crippen LogP) is 8.70. The molecule has 0 aliphatic rings. The Morgan fingerprint density at radius 2 is 1.88 bits per heavy atom. The average Bonchev–Trinajstić information content (AvgIpc) is 3.43. The van der Waals surface area contributed by atoms with E-state index in [9.17, 15) is 4.79 Å². The number of methoxy groups -OCH3 is 1. The first-order valence-corrected chi connectivity index (χ1v) is 14.9. The molecule has 0 aliphatic heterocycles. The van der Waals surface area contributed by atoms with E-state index in [0.29, 0.717) is 28.7 Å². The molecular weight excluding hydrogens is 612 g/mol. The molecule has 0 saturated carbocycles. The number of unbranched alkanes of at least 4 members (excludes halogenated alkanes) is 3. The van der Waals surface area contributed by atoms with Crippen molar-refractivity contribution in [2.45, 2.75) is 32.6 Å². The molecular formula is C30H30BrClN4O3S. The molecule has 1 aromatic heterocycles. The van der Waals surface area contributed by atoms with Crippen molar-refractivity contribution in [3.05, 3.63) is 86.7 Å². The lowest BCUT2D eigenvalue weighted by Crippen LogP contribution is -2.17. The Kier molecular flexibility index (Phi) is 11.0. The SMILES string of the molecule is CCCCCCOc1c(Br)cc(/C=N\NC(=O)c2ccc(-c3csc(Nc4ccc(Cl)cc4)n3)cc2)cc1OC. The van der Waals surface area contributed by atoms with Crippen LogP contribution in [0.5, 0.6) is 11.5 Å². The normalized spacial score (nSPS) is 11.0. The van der Waals surface area contributed by atoms with Crippen molar-refractivity contribution < 1.29 is 14.3 Å². The van der Waals surface area contributed by atoms with Crippen LogP contribution >= 0.6 is 38.9 Å². The zero-order valence-corrected chi connectivity index (χ0v) is 25.4. The van der Waals surface area contributed by atoms with Crippen molar-refractivity contribution in [3.8, 4) is 22.8 Å². The average molecular weight is 642 g/mol. The Hall–Kier alpha value is -3.40. The van der Waals surface area contributed by atoms with Gasteiger partial charge in [-0.15, -0.1) is 11.3 Å². The zero-order chi connectivity index (χ0) is 28.3. The fraction of sp³-hybridized carbons (Fsp3) is 0.233. The highest BCUT2D eigenvalue weighted by atomic mass is 79.9. The molecule has 3 aromatic carbocycles. The summed E-state index contributed by atoms with van der Waals surface area (Å²) in [5.74, 6) is 0.944. The van der Waals surface area contributed by atoms with Crippen molar-refractivity contribution in [2.75, 3.05) is 19.0 Å². The van der Waals surface area contributed by atoms with Crippen LogP contribution in [0.3, 0.4) is 0 Å². The summed E-state index contributed by atoms with van der Waals surface area (Å²) >= 11 is 11.0. The van der Waals surface area contributed by atoms with Crippen LogP contribution in [0.15, 0.2) is 75.6 Å². The van der Waals surface area contributed by atoms with Gasteiger partial charge in [0, 0.05) is 27.2 Å². The van der Waals surface area contributed by atoms with Gasteiger partial charge in [0.15, 0.2) is 16.6 Å². The minimum absolute atomic E-state index is 0.316. The van der Waals surface area contributed by atoms with Gasteiger partial charge in [-0.05, 0) is 76.4 Å². The molecule has 0 saturated heterocycles. The summed E-state index contributed by atoms with van der Waals surface area (Å²) < 4.78 is 12.2. The highest BCUT2D eigenvalue weighted by Crippen LogP contribution is 2.36. The number of rotatable bonds is 13. The van der Waals surface area contributed by atoms with Gasteiger partial charge in [-0.1, -0.05) is 49.9 Å². The molecule has 0 fully saturated rings. The van der Waals surface area contributed by atoms with Gasteiger partial charge in [0.25, 0.3) is 5.91 Å². The first kappa shape index (κ1) is 29.6. The number of benzene rings is 3. The summed E-state index contributed by atoms with van der Waals surface area (Å²) in [5, 5.41) is 10.8. The molecule has 0 unspecified atom stereocenters. The number of aromatic nitrogens is 1. The molecule has 0 atom stereocenters. The Bertz CT molecular complexity index is 1440. The van der Waals surface area contributed by atoms with Gasteiger partial charge in [-0.3, -0.25) is 4.79 Å². The second-order valence-corrected chi connectivity index (χ2v) is 11.0. The second kappa shape index (κ2) is 14.8. The third kappa shape index (κ3) is 8.30. The number of ether oxygens (including phenoxy) is 2. The number of thiazole rings is 1. The highest BCUT2D eigenvalue weighted by Gasteiger charge is 2.12. The lowest BCUT2D eigenvalue weighted by molar-refractivity contribution is 0.0955. The van der Waals surface area contributed by atoms with E-state index >= 15 is 0 Å². The van der Waals surface area contributed by atoms with Crippen molar-refractivity contribution in [2.24, 2.45) is 5.10 Å². The van der Waals surface area contributed by atoms with Crippen LogP contribution in [0.1, 0.15) is 48.5 Å². The van der Waals surface area contributed by atoms with E-state index in [0.717, 1.165) is 45.0 Å². The van der Waals surface area contributed by atoms with E-state index in [1.165, 1.54) is 24.2 Å². The van der Waals surface area contributed by atoms with Gasteiger partial charge in [0.05, 0.1) is 30.1 Å². The molecule has 4 rings (SSSR count). The van der Waals surface area contributed by atoms with Crippen LogP contribution in [0.4, 0.5) is 10.8 Å². The second-order valence-electron chi connectivity index (χ2n) is 8.89. The molecule has 208 valence electrons. The fourth-order valence-electron chi connectivity index (χ4n) is 3.80. The summed E-state index contributed by atoms with van der Waals surface area (Å²) in [6.45, 7) is 2.81. The number of hydrogen-bond acceptors (Lipinski definition) is 7. The Balaban J connectivity index is 1.33. The first-order valence-electron chi connectivity index (χ1n) is 12.9. The van der Waals surface area contributed by atoms with Gasteiger partial charge in [-0.25, -0.2) is 10.4 Å². The summed E-state index contributed by atoms with van der Waals surface area (Å²) in [7, 11) is 1.60. The third-order valence-electron chi connectivity index (χ3n) is 5.92. The lowest BCUT2D eigenvalue weighted by Gasteiger charge is -2.13. The molecule has 10 heteroatoms. The van der Waals surface area contributed by atoms with E-state index in [-0.39, 0.29) is 5.91 Å². The van der Waals surface area contributed by atoms with Gasteiger partial charge in [-0.2, -0.15) is 5.10 Å². The molecule has 4 aromatic rings. The van der Waals surface area contributed by atoms with Crippen LogP contribution in [0.2, 0.25) is 5.02 Å². The number of amides is 1. The molecule has 0 bridgehead atoms. The zero-order valence-electron chi connectivity index (χ0n) is 22.2. The van der Waals surface area contributed by atoms with E-state index in [1.807, 2.05) is 53.9 Å². The van der Waals surface area contributed by atoms with Crippen LogP contribution in [0.25, 0.3) is 11.3 Å². The number of hydrogen-bond donors (Lipinski definition) is 2. The smallest absolute Gasteiger partial charge is 0.271 e. The lowest BCUT2D eigenvalue weighted by atomic mass is 10.1. The summed E-state index contributed by atoms with van der Waals surface area (Å²) in [5.41, 5.74) is 6.45. The van der Waals surface area contributed by atoms with Crippen molar-refractivity contribution >= 4 is 61.8 Å². The maximum atomic E-state index is 12.6. The molecule has 0 aliphatic carbocycles. The van der Waals surface area contributed by atoms with E-state index in [4.69, 9.17) is 21.1 Å². The number of carbonyl (C=O) groups is 1. The van der Waals surface area contributed by atoms with E-state index in [1.54, 1.807) is 25.5 Å². The van der Waals surface area contributed by atoms with Gasteiger partial charge >= 0.3 is 0 Å². The topological polar surface area (TPSA) is 84.8 Å². The Morgan fingerprint density at radius 1 is 1.10 bits per heavy atom. The van der Waals surface area contributed by atoms with Crippen molar-refractivity contribution in [1.29, 1.82) is 0 Å².